The Bertz CT molecular complexity index is 279. The largest absolute Gasteiger partial charge is 0.277 e. The van der Waals surface area contributed by atoms with Crippen molar-refractivity contribution in [3.05, 3.63) is 0 Å². The molecule has 0 spiro atoms. The summed E-state index contributed by atoms with van der Waals surface area (Å²) in [4.78, 5) is 1.96. The Balaban J connectivity index is 2.61. The smallest absolute Gasteiger partial charge is 0.229 e. The van der Waals surface area contributed by atoms with Crippen LogP contribution in [-0.2, 0) is 10.0 Å². The van der Waals surface area contributed by atoms with Gasteiger partial charge in [0, 0.05) is 18.6 Å². The van der Waals surface area contributed by atoms with Crippen LogP contribution in [0.5, 0.6) is 0 Å². The topological polar surface area (TPSA) is 49.2 Å². The molecule has 0 aliphatic carbocycles. The fraction of sp³-hybridized carbons (Fsp3) is 1.00. The van der Waals surface area contributed by atoms with Gasteiger partial charge in [-0.05, 0) is 20.8 Å². The first-order chi connectivity index (χ1) is 5.79. The molecule has 13 heavy (non-hydrogen) atoms. The lowest BCUT2D eigenvalue weighted by Gasteiger charge is -2.21. The quantitative estimate of drug-likeness (QED) is 0.679. The molecule has 1 aliphatic rings. The fourth-order valence-electron chi connectivity index (χ4n) is 1.39. The lowest BCUT2D eigenvalue weighted by Crippen LogP contribution is -2.35. The van der Waals surface area contributed by atoms with Gasteiger partial charge in [-0.25, -0.2) is 13.1 Å². The predicted molar refractivity (Wildman–Crippen MR) is 52.8 cm³/mol. The molecule has 0 aromatic heterocycles. The molecular weight excluding hydrogens is 188 g/mol. The van der Waals surface area contributed by atoms with Gasteiger partial charge in [-0.2, -0.15) is 0 Å². The minimum absolute atomic E-state index is 0.0485. The summed E-state index contributed by atoms with van der Waals surface area (Å²) in [7, 11) is -3.09. The van der Waals surface area contributed by atoms with Gasteiger partial charge in [0.1, 0.15) is 5.37 Å². The van der Waals surface area contributed by atoms with E-state index in [-0.39, 0.29) is 10.9 Å². The monoisotopic (exact) mass is 206 g/mol. The van der Waals surface area contributed by atoms with Crippen molar-refractivity contribution < 1.29 is 8.42 Å². The normalized spacial score (nSPS) is 28.9. The molecule has 78 valence electrons. The average Bonchev–Trinajstić information content (AvgIpc) is 2.60. The van der Waals surface area contributed by atoms with E-state index in [1.54, 1.807) is 6.92 Å². The molecule has 1 heterocycles. The van der Waals surface area contributed by atoms with Crippen LogP contribution in [0.15, 0.2) is 0 Å². The molecule has 5 heteroatoms. The predicted octanol–water partition coefficient (Wildman–Crippen LogP) is 0.366. The second-order valence-electron chi connectivity index (χ2n) is 4.32. The maximum absolute atomic E-state index is 11.5. The molecule has 1 aliphatic heterocycles. The van der Waals surface area contributed by atoms with Crippen LogP contribution in [0.1, 0.15) is 27.7 Å². The summed E-state index contributed by atoms with van der Waals surface area (Å²) in [6.07, 6.45) is 0. The molecule has 1 saturated heterocycles. The van der Waals surface area contributed by atoms with E-state index < -0.39 is 10.0 Å². The van der Waals surface area contributed by atoms with Gasteiger partial charge >= 0.3 is 0 Å². The minimum atomic E-state index is -3.09. The summed E-state index contributed by atoms with van der Waals surface area (Å²) in [5, 5.41) is -0.313. The highest BCUT2D eigenvalue weighted by atomic mass is 32.2. The molecule has 1 rings (SSSR count). The maximum Gasteiger partial charge on any atom is 0.229 e. The lowest BCUT2D eigenvalue weighted by atomic mass is 10.1. The number of rotatable bonds is 3. The third-order valence-corrected chi connectivity index (χ3v) is 3.94. The molecule has 0 aromatic carbocycles. The summed E-state index contributed by atoms with van der Waals surface area (Å²) in [5.74, 6) is 0. The van der Waals surface area contributed by atoms with E-state index in [9.17, 15) is 8.42 Å². The maximum atomic E-state index is 11.5. The summed E-state index contributed by atoms with van der Waals surface area (Å²) in [5.41, 5.74) is -0.0485. The zero-order valence-corrected chi connectivity index (χ0v) is 9.48. The van der Waals surface area contributed by atoms with Crippen LogP contribution in [0.4, 0.5) is 0 Å². The van der Waals surface area contributed by atoms with Crippen LogP contribution in [0.2, 0.25) is 0 Å². The van der Waals surface area contributed by atoms with Gasteiger partial charge in [0.15, 0.2) is 0 Å². The van der Waals surface area contributed by atoms with Crippen molar-refractivity contribution in [3.63, 3.8) is 0 Å². The molecule has 2 atom stereocenters. The van der Waals surface area contributed by atoms with Gasteiger partial charge in [-0.15, -0.1) is 0 Å². The van der Waals surface area contributed by atoms with Crippen LogP contribution < -0.4 is 4.72 Å². The molecule has 2 unspecified atom stereocenters. The third-order valence-electron chi connectivity index (χ3n) is 2.13. The van der Waals surface area contributed by atoms with E-state index in [2.05, 4.69) is 4.72 Å². The van der Waals surface area contributed by atoms with Crippen LogP contribution >= 0.6 is 0 Å². The second-order valence-corrected chi connectivity index (χ2v) is 6.24. The van der Waals surface area contributed by atoms with E-state index >= 15 is 0 Å². The van der Waals surface area contributed by atoms with Gasteiger partial charge in [-0.3, -0.25) is 4.90 Å². The van der Waals surface area contributed by atoms with Gasteiger partial charge in [0.05, 0.1) is 0 Å². The first kappa shape index (κ1) is 10.9. The van der Waals surface area contributed by atoms with Crippen molar-refractivity contribution in [1.82, 2.24) is 9.62 Å². The number of nitrogens with zero attached hydrogens (tertiary/aromatic N) is 1. The molecule has 0 bridgehead atoms. The molecule has 0 amide bonds. The summed E-state index contributed by atoms with van der Waals surface area (Å²) < 4.78 is 25.5. The zero-order valence-electron chi connectivity index (χ0n) is 8.66. The number of sulfonamides is 1. The van der Waals surface area contributed by atoms with Crippen molar-refractivity contribution >= 4 is 10.0 Å². The van der Waals surface area contributed by atoms with Crippen LogP contribution in [0, 0.1) is 0 Å². The highest BCUT2D eigenvalue weighted by Crippen LogP contribution is 2.31. The highest BCUT2D eigenvalue weighted by Gasteiger charge is 2.49. The summed E-state index contributed by atoms with van der Waals surface area (Å²) >= 11 is 0. The van der Waals surface area contributed by atoms with Crippen molar-refractivity contribution in [2.45, 2.75) is 38.6 Å². The average molecular weight is 206 g/mol. The molecule has 0 radical (unpaired) electrons. The van der Waals surface area contributed by atoms with Gasteiger partial charge in [0.2, 0.25) is 10.0 Å². The van der Waals surface area contributed by atoms with E-state index in [0.717, 1.165) is 0 Å². The summed E-state index contributed by atoms with van der Waals surface area (Å²) in [6.45, 7) is 8.98. The van der Waals surface area contributed by atoms with E-state index in [4.69, 9.17) is 0 Å². The van der Waals surface area contributed by atoms with E-state index in [1.165, 1.54) is 0 Å². The Morgan fingerprint density at radius 1 is 1.46 bits per heavy atom. The van der Waals surface area contributed by atoms with Crippen LogP contribution in [0.25, 0.3) is 0 Å². The first-order valence-electron chi connectivity index (χ1n) is 4.54. The Morgan fingerprint density at radius 3 is 2.31 bits per heavy atom. The molecule has 1 fully saturated rings. The first-order valence-corrected chi connectivity index (χ1v) is 6.09. The number of hydrogen-bond donors (Lipinski definition) is 1. The Morgan fingerprint density at radius 2 is 2.00 bits per heavy atom. The van der Waals surface area contributed by atoms with Gasteiger partial charge < -0.3 is 0 Å². The second kappa shape index (κ2) is 3.22. The Hall–Kier alpha value is -0.130. The van der Waals surface area contributed by atoms with E-state index in [0.29, 0.717) is 13.1 Å². The number of nitrogens with one attached hydrogen (secondary N) is 1. The van der Waals surface area contributed by atoms with Crippen molar-refractivity contribution in [2.75, 3.05) is 13.1 Å². The highest BCUT2D eigenvalue weighted by molar-refractivity contribution is 7.90. The minimum Gasteiger partial charge on any atom is -0.277 e. The third kappa shape index (κ3) is 2.42. The Kier molecular flexibility index (Phi) is 2.71. The fourth-order valence-corrected chi connectivity index (χ4v) is 2.99. The SMILES string of the molecule is CCNS(=O)(=O)C1CN1C(C)(C)C. The standard InChI is InChI=1S/C8H18N2O2S/c1-5-9-13(11,12)7-6-10(7)8(2,3)4/h7,9H,5-6H2,1-4H3. The summed E-state index contributed by atoms with van der Waals surface area (Å²) in [6, 6.07) is 0. The van der Waals surface area contributed by atoms with E-state index in [1.807, 2.05) is 25.7 Å². The zero-order chi connectivity index (χ0) is 10.3. The van der Waals surface area contributed by atoms with Crippen molar-refractivity contribution in [1.29, 1.82) is 0 Å². The molecule has 0 aromatic rings. The van der Waals surface area contributed by atoms with Crippen LogP contribution in [-0.4, -0.2) is 37.3 Å². The van der Waals surface area contributed by atoms with Crippen molar-refractivity contribution in [2.24, 2.45) is 0 Å². The van der Waals surface area contributed by atoms with Gasteiger partial charge in [0.25, 0.3) is 0 Å². The van der Waals surface area contributed by atoms with Gasteiger partial charge in [-0.1, -0.05) is 6.92 Å². The molecule has 1 N–H and O–H groups in total. The van der Waals surface area contributed by atoms with Crippen LogP contribution in [0.3, 0.4) is 0 Å². The lowest BCUT2D eigenvalue weighted by molar-refractivity contribution is 0.301. The molecular formula is C8H18N2O2S. The number of hydrogen-bond acceptors (Lipinski definition) is 3. The Labute approximate surface area is 80.4 Å². The molecule has 0 saturated carbocycles. The molecule has 4 nitrogen and oxygen atoms in total. The van der Waals surface area contributed by atoms with Crippen molar-refractivity contribution in [3.8, 4) is 0 Å².